The van der Waals surface area contributed by atoms with Gasteiger partial charge in [0, 0.05) is 32.4 Å². The first kappa shape index (κ1) is 19.0. The minimum Gasteiger partial charge on any atom is -0.481 e. The Hall–Kier alpha value is -2.38. The van der Waals surface area contributed by atoms with Gasteiger partial charge in [0.2, 0.25) is 5.91 Å². The molecule has 1 aromatic heterocycles. The first-order chi connectivity index (χ1) is 11.8. The first-order valence-electron chi connectivity index (χ1n) is 8.56. The summed E-state index contributed by atoms with van der Waals surface area (Å²) in [5.74, 6) is -1.56. The summed E-state index contributed by atoms with van der Waals surface area (Å²) in [5, 5.41) is 13.4. The summed E-state index contributed by atoms with van der Waals surface area (Å²) in [5.41, 5.74) is 2.00. The van der Waals surface area contributed by atoms with Crippen molar-refractivity contribution in [2.45, 2.75) is 40.2 Å². The number of amides is 2. The molecule has 0 atom stereocenters. The van der Waals surface area contributed by atoms with Crippen molar-refractivity contribution in [3.8, 4) is 0 Å². The van der Waals surface area contributed by atoms with E-state index in [1.807, 2.05) is 13.8 Å². The highest BCUT2D eigenvalue weighted by Gasteiger charge is 2.29. The van der Waals surface area contributed by atoms with Crippen LogP contribution in [0.25, 0.3) is 0 Å². The van der Waals surface area contributed by atoms with Crippen molar-refractivity contribution in [1.29, 1.82) is 0 Å². The van der Waals surface area contributed by atoms with Crippen molar-refractivity contribution < 1.29 is 19.5 Å². The number of aryl methyl sites for hydroxylation is 2. The number of carbonyl (C=O) groups excluding carboxylic acids is 2. The average Bonchev–Trinajstić information content (AvgIpc) is 2.87. The third-order valence-corrected chi connectivity index (χ3v) is 4.81. The number of nitrogens with zero attached hydrogens (tertiary/aromatic N) is 4. The van der Waals surface area contributed by atoms with Crippen LogP contribution in [0.5, 0.6) is 0 Å². The van der Waals surface area contributed by atoms with Crippen LogP contribution in [0.2, 0.25) is 0 Å². The number of carboxylic acids is 1. The second-order valence-corrected chi connectivity index (χ2v) is 6.52. The molecule has 2 amide bonds. The molecule has 1 aliphatic rings. The van der Waals surface area contributed by atoms with Gasteiger partial charge in [-0.25, -0.2) is 0 Å². The van der Waals surface area contributed by atoms with E-state index in [1.54, 1.807) is 23.6 Å². The van der Waals surface area contributed by atoms with Gasteiger partial charge in [-0.05, 0) is 33.6 Å². The number of likely N-dealkylation sites (tertiary alicyclic amines) is 1. The number of rotatable bonds is 5. The maximum atomic E-state index is 12.7. The fourth-order valence-electron chi connectivity index (χ4n) is 3.26. The minimum atomic E-state index is -0.807. The Morgan fingerprint density at radius 1 is 1.24 bits per heavy atom. The predicted octanol–water partition coefficient (Wildman–Crippen LogP) is 0.915. The highest BCUT2D eigenvalue weighted by Crippen LogP contribution is 2.18. The van der Waals surface area contributed by atoms with Gasteiger partial charge >= 0.3 is 5.97 Å². The van der Waals surface area contributed by atoms with Gasteiger partial charge < -0.3 is 14.9 Å². The van der Waals surface area contributed by atoms with E-state index < -0.39 is 5.97 Å². The highest BCUT2D eigenvalue weighted by molar-refractivity contribution is 5.98. The Morgan fingerprint density at radius 3 is 2.32 bits per heavy atom. The first-order valence-corrected chi connectivity index (χ1v) is 8.56. The molecule has 0 radical (unpaired) electrons. The van der Waals surface area contributed by atoms with E-state index in [9.17, 15) is 14.4 Å². The normalized spacial score (nSPS) is 15.3. The number of aromatic nitrogens is 2. The molecule has 1 N–H and O–H groups in total. The lowest BCUT2D eigenvalue weighted by molar-refractivity contribution is -0.145. The Bertz CT molecular complexity index is 674. The van der Waals surface area contributed by atoms with Gasteiger partial charge in [-0.2, -0.15) is 5.10 Å². The molecule has 1 saturated heterocycles. The molecule has 1 fully saturated rings. The third-order valence-electron chi connectivity index (χ3n) is 4.81. The number of carbonyl (C=O) groups is 3. The minimum absolute atomic E-state index is 0.0211. The number of likely N-dealkylation sites (N-methyl/N-ethyl adjacent to an activating group) is 1. The lowest BCUT2D eigenvalue weighted by atomic mass is 9.97. The zero-order chi connectivity index (χ0) is 18.7. The van der Waals surface area contributed by atoms with Crippen LogP contribution in [0, 0.1) is 19.8 Å². The average molecular weight is 350 g/mol. The van der Waals surface area contributed by atoms with Crippen molar-refractivity contribution in [2.24, 2.45) is 5.92 Å². The number of hydrogen-bond donors (Lipinski definition) is 1. The standard InChI is InChI=1S/C17H26N4O4/c1-5-21-12(3)15(11(2)18-21)16(23)19(4)10-14(22)20-8-6-13(7-9-20)17(24)25/h13H,5-10H2,1-4H3,(H,24,25). The predicted molar refractivity (Wildman–Crippen MR) is 91.3 cm³/mol. The molecule has 2 heterocycles. The van der Waals surface area contributed by atoms with Gasteiger partial charge in [-0.15, -0.1) is 0 Å². The van der Waals surface area contributed by atoms with Crippen LogP contribution in [-0.2, 0) is 16.1 Å². The lowest BCUT2D eigenvalue weighted by Gasteiger charge is -2.31. The van der Waals surface area contributed by atoms with Crippen LogP contribution in [0.4, 0.5) is 0 Å². The summed E-state index contributed by atoms with van der Waals surface area (Å²) in [6.45, 7) is 7.10. The van der Waals surface area contributed by atoms with Crippen LogP contribution in [0.15, 0.2) is 0 Å². The van der Waals surface area contributed by atoms with E-state index in [2.05, 4.69) is 5.10 Å². The Balaban J connectivity index is 1.99. The molecule has 2 rings (SSSR count). The Kier molecular flexibility index (Phi) is 5.81. The second kappa shape index (κ2) is 7.67. The van der Waals surface area contributed by atoms with Crippen molar-refractivity contribution >= 4 is 17.8 Å². The van der Waals surface area contributed by atoms with Crippen molar-refractivity contribution in [1.82, 2.24) is 19.6 Å². The molecule has 0 aromatic carbocycles. The monoisotopic (exact) mass is 350 g/mol. The van der Waals surface area contributed by atoms with Gasteiger partial charge in [-0.1, -0.05) is 0 Å². The fourth-order valence-corrected chi connectivity index (χ4v) is 3.26. The molecule has 0 unspecified atom stereocenters. The van der Waals surface area contributed by atoms with Gasteiger partial charge in [0.05, 0.1) is 23.7 Å². The highest BCUT2D eigenvalue weighted by atomic mass is 16.4. The summed E-state index contributed by atoms with van der Waals surface area (Å²) < 4.78 is 1.77. The Labute approximate surface area is 147 Å². The lowest BCUT2D eigenvalue weighted by Crippen LogP contribution is -2.45. The number of piperidine rings is 1. The van der Waals surface area contributed by atoms with E-state index >= 15 is 0 Å². The molecule has 8 heteroatoms. The van der Waals surface area contributed by atoms with Gasteiger partial charge in [0.25, 0.3) is 5.91 Å². The zero-order valence-electron chi connectivity index (χ0n) is 15.3. The van der Waals surface area contributed by atoms with Gasteiger partial charge in [0.15, 0.2) is 0 Å². The fraction of sp³-hybridized carbons (Fsp3) is 0.647. The van der Waals surface area contributed by atoms with Crippen molar-refractivity contribution in [3.63, 3.8) is 0 Å². The summed E-state index contributed by atoms with van der Waals surface area (Å²) >= 11 is 0. The number of carboxylic acid groups (broad SMARTS) is 1. The van der Waals surface area contributed by atoms with E-state index in [0.29, 0.717) is 43.7 Å². The van der Waals surface area contributed by atoms with Gasteiger partial charge in [-0.3, -0.25) is 19.1 Å². The molecule has 0 saturated carbocycles. The summed E-state index contributed by atoms with van der Waals surface area (Å²) in [4.78, 5) is 39.1. The van der Waals surface area contributed by atoms with Crippen LogP contribution in [0.1, 0.15) is 41.5 Å². The van der Waals surface area contributed by atoms with E-state index in [0.717, 1.165) is 5.69 Å². The molecule has 25 heavy (non-hydrogen) atoms. The van der Waals surface area contributed by atoms with E-state index in [4.69, 9.17) is 5.11 Å². The summed E-state index contributed by atoms with van der Waals surface area (Å²) in [7, 11) is 1.60. The molecule has 0 spiro atoms. The van der Waals surface area contributed by atoms with Crippen molar-refractivity contribution in [2.75, 3.05) is 26.7 Å². The largest absolute Gasteiger partial charge is 0.481 e. The van der Waals surface area contributed by atoms with Crippen LogP contribution in [0.3, 0.4) is 0 Å². The smallest absolute Gasteiger partial charge is 0.306 e. The number of aliphatic carboxylic acids is 1. The molecular weight excluding hydrogens is 324 g/mol. The molecule has 1 aliphatic heterocycles. The molecule has 8 nitrogen and oxygen atoms in total. The maximum Gasteiger partial charge on any atom is 0.306 e. The van der Waals surface area contributed by atoms with Crippen molar-refractivity contribution in [3.05, 3.63) is 17.0 Å². The molecule has 138 valence electrons. The quantitative estimate of drug-likeness (QED) is 0.852. The molecule has 0 aliphatic carbocycles. The maximum absolute atomic E-state index is 12.7. The number of hydrogen-bond acceptors (Lipinski definition) is 4. The van der Waals surface area contributed by atoms with Gasteiger partial charge in [0.1, 0.15) is 0 Å². The summed E-state index contributed by atoms with van der Waals surface area (Å²) in [6.07, 6.45) is 0.917. The van der Waals surface area contributed by atoms with Crippen LogP contribution < -0.4 is 0 Å². The molecule has 1 aromatic rings. The van der Waals surface area contributed by atoms with Crippen LogP contribution >= 0.6 is 0 Å². The SMILES string of the molecule is CCn1nc(C)c(C(=O)N(C)CC(=O)N2CCC(C(=O)O)CC2)c1C. The van der Waals surface area contributed by atoms with Crippen LogP contribution in [-0.4, -0.2) is 69.2 Å². The zero-order valence-corrected chi connectivity index (χ0v) is 15.3. The topological polar surface area (TPSA) is 95.7 Å². The summed E-state index contributed by atoms with van der Waals surface area (Å²) in [6, 6.07) is 0. The van der Waals surface area contributed by atoms with E-state index in [-0.39, 0.29) is 24.3 Å². The second-order valence-electron chi connectivity index (χ2n) is 6.52. The van der Waals surface area contributed by atoms with E-state index in [1.165, 1.54) is 4.90 Å². The molecule has 0 bridgehead atoms. The molecular formula is C17H26N4O4. The third kappa shape index (κ3) is 4.00. The Morgan fingerprint density at radius 2 is 1.84 bits per heavy atom.